The van der Waals surface area contributed by atoms with Crippen molar-refractivity contribution in [2.75, 3.05) is 0 Å². The molecule has 0 radical (unpaired) electrons. The fourth-order valence-electron chi connectivity index (χ4n) is 3.49. The molecule has 0 heterocycles. The molecular formula is C24H21O6P. The van der Waals surface area contributed by atoms with Gasteiger partial charge in [0.25, 0.3) is 5.52 Å². The molecule has 31 heavy (non-hydrogen) atoms. The van der Waals surface area contributed by atoms with Crippen molar-refractivity contribution >= 4 is 24.7 Å². The van der Waals surface area contributed by atoms with Gasteiger partial charge in [-0.15, -0.1) is 0 Å². The van der Waals surface area contributed by atoms with E-state index in [9.17, 15) is 28.7 Å². The smallest absolute Gasteiger partial charge is 0.319 e. The van der Waals surface area contributed by atoms with E-state index in [2.05, 4.69) is 0 Å². The van der Waals surface area contributed by atoms with Crippen LogP contribution in [-0.2, 0) is 4.57 Å². The Morgan fingerprint density at radius 3 is 1.58 bits per heavy atom. The minimum Gasteiger partial charge on any atom is -0.319 e. The Bertz CT molecular complexity index is 1270. The number of benzene rings is 3. The van der Waals surface area contributed by atoms with E-state index < -0.39 is 30.3 Å². The molecule has 0 amide bonds. The van der Waals surface area contributed by atoms with E-state index in [4.69, 9.17) is 0 Å². The molecule has 0 saturated heterocycles. The first-order valence-electron chi connectivity index (χ1n) is 9.48. The van der Waals surface area contributed by atoms with Gasteiger partial charge in [-0.3, -0.25) is 18.9 Å². The highest BCUT2D eigenvalue weighted by Crippen LogP contribution is 2.42. The van der Waals surface area contributed by atoms with Gasteiger partial charge in [-0.05, 0) is 43.5 Å². The largest absolute Gasteiger partial charge is 0.396 e. The summed E-state index contributed by atoms with van der Waals surface area (Å²) in [6.07, 6.45) is 0. The van der Waals surface area contributed by atoms with Gasteiger partial charge >= 0.3 is 7.60 Å². The van der Waals surface area contributed by atoms with Gasteiger partial charge in [0.1, 0.15) is 0 Å². The normalized spacial score (nSPS) is 11.3. The molecule has 0 atom stereocenters. The molecule has 0 aromatic heterocycles. The maximum Gasteiger partial charge on any atom is 0.396 e. The Morgan fingerprint density at radius 2 is 1.10 bits per heavy atom. The SMILES string of the molecule is Cc1ccccc1C(=O)c1ccc(C)c(C(=O)P(=O)(O)O)c1C(=O)c1ccccc1C. The van der Waals surface area contributed by atoms with E-state index in [1.54, 1.807) is 62.4 Å². The van der Waals surface area contributed by atoms with Crippen LogP contribution in [0.4, 0.5) is 0 Å². The summed E-state index contributed by atoms with van der Waals surface area (Å²) in [4.78, 5) is 58.7. The van der Waals surface area contributed by atoms with Gasteiger partial charge in [-0.2, -0.15) is 0 Å². The predicted molar refractivity (Wildman–Crippen MR) is 117 cm³/mol. The molecule has 0 aliphatic carbocycles. The Hall–Kier alpha value is -3.18. The number of aryl methyl sites for hydroxylation is 3. The Labute approximate surface area is 179 Å². The second kappa shape index (κ2) is 8.52. The zero-order valence-electron chi connectivity index (χ0n) is 17.2. The maximum absolute atomic E-state index is 13.6. The second-order valence-corrected chi connectivity index (χ2v) is 8.81. The van der Waals surface area contributed by atoms with Gasteiger partial charge in [-0.25, -0.2) is 0 Å². The standard InChI is InChI=1S/C24H21O6P/c1-14-8-4-6-10-17(14)22(25)19-13-12-16(3)20(24(27)31(28,29)30)21(19)23(26)18-11-7-5-9-15(18)2/h4-13H,1-3H3,(H2,28,29,30). The molecule has 3 rings (SSSR count). The summed E-state index contributed by atoms with van der Waals surface area (Å²) < 4.78 is 11.8. The predicted octanol–water partition coefficient (Wildman–Crippen LogP) is 4.39. The van der Waals surface area contributed by atoms with Crippen molar-refractivity contribution in [1.82, 2.24) is 0 Å². The van der Waals surface area contributed by atoms with Crippen LogP contribution in [-0.4, -0.2) is 26.9 Å². The van der Waals surface area contributed by atoms with E-state index >= 15 is 0 Å². The Kier molecular flexibility index (Phi) is 6.18. The van der Waals surface area contributed by atoms with Crippen LogP contribution in [0, 0.1) is 20.8 Å². The van der Waals surface area contributed by atoms with Gasteiger partial charge in [0.15, 0.2) is 11.6 Å². The van der Waals surface area contributed by atoms with Gasteiger partial charge in [0.2, 0.25) is 0 Å². The van der Waals surface area contributed by atoms with E-state index in [-0.39, 0.29) is 22.3 Å². The summed E-state index contributed by atoms with van der Waals surface area (Å²) in [5.41, 5.74) is -0.232. The molecule has 0 saturated carbocycles. The summed E-state index contributed by atoms with van der Waals surface area (Å²) in [5, 5.41) is 0. The fraction of sp³-hybridized carbons (Fsp3) is 0.125. The monoisotopic (exact) mass is 436 g/mol. The summed E-state index contributed by atoms with van der Waals surface area (Å²) in [6, 6.07) is 16.3. The molecule has 0 bridgehead atoms. The van der Waals surface area contributed by atoms with Crippen molar-refractivity contribution in [2.45, 2.75) is 20.8 Å². The number of carbonyl (C=O) groups excluding carboxylic acids is 3. The molecule has 0 fully saturated rings. The molecule has 3 aromatic rings. The van der Waals surface area contributed by atoms with Crippen LogP contribution in [0.1, 0.15) is 58.9 Å². The third-order valence-electron chi connectivity index (χ3n) is 5.14. The van der Waals surface area contributed by atoms with E-state index in [0.717, 1.165) is 0 Å². The van der Waals surface area contributed by atoms with E-state index in [1.165, 1.54) is 19.1 Å². The molecule has 0 unspecified atom stereocenters. The highest BCUT2D eigenvalue weighted by Gasteiger charge is 2.35. The lowest BCUT2D eigenvalue weighted by molar-refractivity contribution is 0.0991. The molecule has 0 aliphatic heterocycles. The van der Waals surface area contributed by atoms with Gasteiger partial charge in [0, 0.05) is 27.8 Å². The van der Waals surface area contributed by atoms with Crippen molar-refractivity contribution in [2.24, 2.45) is 0 Å². The zero-order chi connectivity index (χ0) is 22.9. The first-order chi connectivity index (χ1) is 14.5. The average molecular weight is 436 g/mol. The summed E-state index contributed by atoms with van der Waals surface area (Å²) in [5.74, 6) is -1.15. The maximum atomic E-state index is 13.6. The Morgan fingerprint density at radius 1 is 0.613 bits per heavy atom. The van der Waals surface area contributed by atoms with Gasteiger partial charge in [0.05, 0.1) is 0 Å². The molecule has 3 aromatic carbocycles. The lowest BCUT2D eigenvalue weighted by atomic mass is 9.86. The lowest BCUT2D eigenvalue weighted by Crippen LogP contribution is -2.19. The summed E-state index contributed by atoms with van der Waals surface area (Å²) in [6.45, 7) is 4.92. The molecular weight excluding hydrogens is 415 g/mol. The van der Waals surface area contributed by atoms with Gasteiger partial charge in [-0.1, -0.05) is 54.6 Å². The van der Waals surface area contributed by atoms with E-state index in [1.807, 2.05) is 0 Å². The van der Waals surface area contributed by atoms with Crippen molar-refractivity contribution in [3.63, 3.8) is 0 Å². The quantitative estimate of drug-likeness (QED) is 0.438. The summed E-state index contributed by atoms with van der Waals surface area (Å²) >= 11 is 0. The van der Waals surface area contributed by atoms with Gasteiger partial charge < -0.3 is 9.79 Å². The molecule has 7 heteroatoms. The van der Waals surface area contributed by atoms with Crippen LogP contribution in [0.5, 0.6) is 0 Å². The van der Waals surface area contributed by atoms with Crippen LogP contribution < -0.4 is 0 Å². The number of hydrogen-bond donors (Lipinski definition) is 2. The molecule has 6 nitrogen and oxygen atoms in total. The average Bonchev–Trinajstić information content (AvgIpc) is 2.72. The fourth-order valence-corrected chi connectivity index (χ4v) is 4.07. The zero-order valence-corrected chi connectivity index (χ0v) is 18.1. The molecule has 0 spiro atoms. The van der Waals surface area contributed by atoms with Crippen LogP contribution >= 0.6 is 7.60 Å². The van der Waals surface area contributed by atoms with Crippen molar-refractivity contribution in [3.05, 3.63) is 105 Å². The van der Waals surface area contributed by atoms with Crippen LogP contribution in [0.2, 0.25) is 0 Å². The van der Waals surface area contributed by atoms with Crippen LogP contribution in [0.3, 0.4) is 0 Å². The topological polar surface area (TPSA) is 109 Å². The lowest BCUT2D eigenvalue weighted by Gasteiger charge is -2.17. The third-order valence-corrected chi connectivity index (χ3v) is 5.90. The third kappa shape index (κ3) is 4.32. The van der Waals surface area contributed by atoms with Crippen LogP contribution in [0.15, 0.2) is 60.7 Å². The minimum atomic E-state index is -5.21. The highest BCUT2D eigenvalue weighted by molar-refractivity contribution is 7.70. The molecule has 158 valence electrons. The summed E-state index contributed by atoms with van der Waals surface area (Å²) in [7, 11) is -5.21. The number of hydrogen-bond acceptors (Lipinski definition) is 4. The van der Waals surface area contributed by atoms with Crippen molar-refractivity contribution < 1.29 is 28.7 Å². The van der Waals surface area contributed by atoms with Crippen molar-refractivity contribution in [3.8, 4) is 0 Å². The second-order valence-electron chi connectivity index (χ2n) is 7.32. The first kappa shape index (κ1) is 22.5. The Balaban J connectivity index is 2.37. The number of carbonyl (C=O) groups is 3. The molecule has 0 aliphatic rings. The number of rotatable bonds is 6. The van der Waals surface area contributed by atoms with E-state index in [0.29, 0.717) is 16.7 Å². The van der Waals surface area contributed by atoms with Crippen molar-refractivity contribution in [1.29, 1.82) is 0 Å². The molecule has 2 N–H and O–H groups in total. The minimum absolute atomic E-state index is 0.0787. The number of ketones is 2. The van der Waals surface area contributed by atoms with Crippen LogP contribution in [0.25, 0.3) is 0 Å². The first-order valence-corrected chi connectivity index (χ1v) is 11.1. The highest BCUT2D eigenvalue weighted by atomic mass is 31.2.